The average Bonchev–Trinajstić information content (AvgIpc) is 3.51. The summed E-state index contributed by atoms with van der Waals surface area (Å²) in [6.45, 7) is 3.25. The van der Waals surface area contributed by atoms with Crippen molar-refractivity contribution in [1.82, 2.24) is 19.5 Å². The highest BCUT2D eigenvalue weighted by Crippen LogP contribution is 2.31. The summed E-state index contributed by atoms with van der Waals surface area (Å²) in [6, 6.07) is 24.4. The number of nitrogens with zero attached hydrogens (tertiary/aromatic N) is 4. The number of imidazole rings is 1. The van der Waals surface area contributed by atoms with Gasteiger partial charge in [-0.05, 0) is 49.6 Å². The molecule has 2 aromatic carbocycles. The van der Waals surface area contributed by atoms with E-state index in [9.17, 15) is 0 Å². The van der Waals surface area contributed by atoms with Gasteiger partial charge in [0.1, 0.15) is 0 Å². The molecule has 0 saturated heterocycles. The Morgan fingerprint density at radius 1 is 0.909 bits per heavy atom. The van der Waals surface area contributed by atoms with Crippen LogP contribution in [0.4, 0.5) is 5.82 Å². The topological polar surface area (TPSA) is 78.0 Å². The summed E-state index contributed by atoms with van der Waals surface area (Å²) in [6.07, 6.45) is 3.45. The summed E-state index contributed by atoms with van der Waals surface area (Å²) in [5.74, 6) is 1.96. The number of anilines is 1. The molecule has 166 valence electrons. The van der Waals surface area contributed by atoms with Crippen LogP contribution >= 0.6 is 0 Å². The number of aromatic nitrogens is 4. The lowest BCUT2D eigenvalue weighted by atomic mass is 10.1. The van der Waals surface area contributed by atoms with E-state index in [2.05, 4.69) is 34.6 Å². The van der Waals surface area contributed by atoms with Crippen LogP contribution in [0.3, 0.4) is 0 Å². The van der Waals surface area contributed by atoms with E-state index in [1.54, 1.807) is 6.26 Å². The second-order valence-electron chi connectivity index (χ2n) is 7.58. The number of nitrogens with one attached hydrogen (secondary N) is 1. The Bertz CT molecular complexity index is 1320. The lowest BCUT2D eigenvalue weighted by Gasteiger charge is -2.10. The lowest BCUT2D eigenvalue weighted by Crippen LogP contribution is -2.07. The molecule has 7 heteroatoms. The SMILES string of the molecule is CCNc1nc(OCCCc2ccccc2)nc2c1nc(-c1ccco1)n2-c1ccccc1. The van der Waals surface area contributed by atoms with Crippen LogP contribution in [0.25, 0.3) is 28.4 Å². The Morgan fingerprint density at radius 2 is 1.70 bits per heavy atom. The minimum absolute atomic E-state index is 0.328. The number of benzene rings is 2. The monoisotopic (exact) mass is 439 g/mol. The first kappa shape index (κ1) is 20.8. The van der Waals surface area contributed by atoms with Crippen molar-refractivity contribution in [1.29, 1.82) is 0 Å². The van der Waals surface area contributed by atoms with Crippen LogP contribution in [-0.4, -0.2) is 32.7 Å². The van der Waals surface area contributed by atoms with E-state index in [4.69, 9.17) is 19.1 Å². The predicted molar refractivity (Wildman–Crippen MR) is 129 cm³/mol. The molecule has 3 heterocycles. The summed E-state index contributed by atoms with van der Waals surface area (Å²) in [4.78, 5) is 14.2. The Kier molecular flexibility index (Phi) is 6.01. The van der Waals surface area contributed by atoms with E-state index in [1.807, 2.05) is 60.0 Å². The Labute approximate surface area is 192 Å². The van der Waals surface area contributed by atoms with Crippen molar-refractivity contribution in [2.24, 2.45) is 0 Å². The van der Waals surface area contributed by atoms with Crippen LogP contribution in [0.5, 0.6) is 6.01 Å². The Morgan fingerprint density at radius 3 is 2.42 bits per heavy atom. The Balaban J connectivity index is 1.52. The van der Waals surface area contributed by atoms with Crippen molar-refractivity contribution in [2.75, 3.05) is 18.5 Å². The second kappa shape index (κ2) is 9.56. The molecule has 1 N–H and O–H groups in total. The van der Waals surface area contributed by atoms with Crippen LogP contribution < -0.4 is 10.1 Å². The maximum absolute atomic E-state index is 5.99. The largest absolute Gasteiger partial charge is 0.463 e. The third kappa shape index (κ3) is 4.43. The van der Waals surface area contributed by atoms with Gasteiger partial charge in [-0.25, -0.2) is 4.98 Å². The maximum Gasteiger partial charge on any atom is 0.320 e. The van der Waals surface area contributed by atoms with Crippen molar-refractivity contribution in [3.8, 4) is 23.3 Å². The molecule has 3 aromatic heterocycles. The summed E-state index contributed by atoms with van der Waals surface area (Å²) >= 11 is 0. The van der Waals surface area contributed by atoms with Crippen molar-refractivity contribution >= 4 is 17.0 Å². The zero-order chi connectivity index (χ0) is 22.5. The molecule has 0 aliphatic carbocycles. The van der Waals surface area contributed by atoms with E-state index in [0.717, 1.165) is 18.5 Å². The lowest BCUT2D eigenvalue weighted by molar-refractivity contribution is 0.288. The fourth-order valence-corrected chi connectivity index (χ4v) is 3.77. The van der Waals surface area contributed by atoms with E-state index >= 15 is 0 Å². The molecule has 0 aliphatic heterocycles. The van der Waals surface area contributed by atoms with Crippen molar-refractivity contribution in [3.63, 3.8) is 0 Å². The molecule has 0 saturated carbocycles. The number of rotatable bonds is 9. The normalized spacial score (nSPS) is 11.1. The quantitative estimate of drug-likeness (QED) is 0.305. The van der Waals surface area contributed by atoms with Gasteiger partial charge >= 0.3 is 6.01 Å². The smallest absolute Gasteiger partial charge is 0.320 e. The Hall–Kier alpha value is -4.13. The van der Waals surface area contributed by atoms with Crippen LogP contribution in [0.2, 0.25) is 0 Å². The highest BCUT2D eigenvalue weighted by Gasteiger charge is 2.22. The minimum atomic E-state index is 0.328. The highest BCUT2D eigenvalue weighted by molar-refractivity contribution is 5.88. The first-order valence-electron chi connectivity index (χ1n) is 11.1. The summed E-state index contributed by atoms with van der Waals surface area (Å²) in [5.41, 5.74) is 3.55. The maximum atomic E-state index is 5.99. The van der Waals surface area contributed by atoms with Gasteiger partial charge in [0.05, 0.1) is 12.9 Å². The van der Waals surface area contributed by atoms with Gasteiger partial charge < -0.3 is 14.5 Å². The summed E-state index contributed by atoms with van der Waals surface area (Å²) in [7, 11) is 0. The number of para-hydroxylation sites is 1. The minimum Gasteiger partial charge on any atom is -0.463 e. The molecule has 0 radical (unpaired) electrons. The molecule has 0 fully saturated rings. The van der Waals surface area contributed by atoms with Crippen LogP contribution in [0.15, 0.2) is 83.5 Å². The molecule has 33 heavy (non-hydrogen) atoms. The zero-order valence-electron chi connectivity index (χ0n) is 18.4. The number of furan rings is 1. The van der Waals surface area contributed by atoms with Gasteiger partial charge in [0, 0.05) is 12.2 Å². The molecule has 0 unspecified atom stereocenters. The number of hydrogen-bond donors (Lipinski definition) is 1. The van der Waals surface area contributed by atoms with Gasteiger partial charge in [-0.3, -0.25) is 4.57 Å². The standard InChI is InChI=1S/C26H25N5O2/c1-2-27-23-22-25(30-26(29-23)33-18-9-13-19-11-5-3-6-12-19)31(20-14-7-4-8-15-20)24(28-22)21-16-10-17-32-21/h3-8,10-12,14-17H,2,9,13,18H2,1H3,(H,27,29,30). The number of hydrogen-bond acceptors (Lipinski definition) is 6. The fraction of sp³-hybridized carbons (Fsp3) is 0.192. The van der Waals surface area contributed by atoms with Gasteiger partial charge in [-0.2, -0.15) is 9.97 Å². The van der Waals surface area contributed by atoms with Crippen LogP contribution in [0.1, 0.15) is 18.9 Å². The number of ether oxygens (including phenoxy) is 1. The van der Waals surface area contributed by atoms with Gasteiger partial charge in [0.25, 0.3) is 0 Å². The van der Waals surface area contributed by atoms with Crippen molar-refractivity contribution in [3.05, 3.63) is 84.6 Å². The third-order valence-corrected chi connectivity index (χ3v) is 5.27. The van der Waals surface area contributed by atoms with Gasteiger partial charge in [0.2, 0.25) is 0 Å². The summed E-state index contributed by atoms with van der Waals surface area (Å²) in [5, 5.41) is 3.31. The third-order valence-electron chi connectivity index (χ3n) is 5.27. The molecular formula is C26H25N5O2. The highest BCUT2D eigenvalue weighted by atomic mass is 16.5. The predicted octanol–water partition coefficient (Wildman–Crippen LogP) is 5.52. The molecule has 5 rings (SSSR count). The van der Waals surface area contributed by atoms with E-state index in [1.165, 1.54) is 5.56 Å². The van der Waals surface area contributed by atoms with E-state index in [0.29, 0.717) is 47.7 Å². The van der Waals surface area contributed by atoms with E-state index < -0.39 is 0 Å². The van der Waals surface area contributed by atoms with Crippen LogP contribution in [-0.2, 0) is 6.42 Å². The molecule has 7 nitrogen and oxygen atoms in total. The van der Waals surface area contributed by atoms with Crippen molar-refractivity contribution < 1.29 is 9.15 Å². The van der Waals surface area contributed by atoms with Gasteiger partial charge in [0.15, 0.2) is 28.6 Å². The molecular weight excluding hydrogens is 414 g/mol. The average molecular weight is 440 g/mol. The van der Waals surface area contributed by atoms with Crippen LogP contribution in [0, 0.1) is 0 Å². The number of aryl methyl sites for hydroxylation is 1. The number of fused-ring (bicyclic) bond motifs is 1. The fourth-order valence-electron chi connectivity index (χ4n) is 3.77. The van der Waals surface area contributed by atoms with Crippen molar-refractivity contribution in [2.45, 2.75) is 19.8 Å². The van der Waals surface area contributed by atoms with Gasteiger partial charge in [-0.1, -0.05) is 48.5 Å². The molecule has 0 aliphatic rings. The molecule has 0 bridgehead atoms. The molecule has 0 amide bonds. The first-order valence-corrected chi connectivity index (χ1v) is 11.1. The van der Waals surface area contributed by atoms with Gasteiger partial charge in [-0.15, -0.1) is 0 Å². The first-order chi connectivity index (χ1) is 16.3. The molecule has 0 spiro atoms. The zero-order valence-corrected chi connectivity index (χ0v) is 18.4. The molecule has 0 atom stereocenters. The second-order valence-corrected chi connectivity index (χ2v) is 7.58. The summed E-state index contributed by atoms with van der Waals surface area (Å²) < 4.78 is 13.6. The van der Waals surface area contributed by atoms with E-state index in [-0.39, 0.29) is 0 Å². The molecule has 5 aromatic rings.